The van der Waals surface area contributed by atoms with E-state index in [9.17, 15) is 0 Å². The van der Waals surface area contributed by atoms with Gasteiger partial charge in [-0.3, -0.25) is 9.80 Å². The summed E-state index contributed by atoms with van der Waals surface area (Å²) < 4.78 is 10.8. The molecule has 0 bridgehead atoms. The zero-order valence-corrected chi connectivity index (χ0v) is 15.5. The molecule has 0 radical (unpaired) electrons. The van der Waals surface area contributed by atoms with Crippen LogP contribution in [0.4, 0.5) is 0 Å². The summed E-state index contributed by atoms with van der Waals surface area (Å²) in [6.07, 6.45) is 5.48. The summed E-state index contributed by atoms with van der Waals surface area (Å²) >= 11 is 0. The smallest absolute Gasteiger partial charge is 0.223 e. The summed E-state index contributed by atoms with van der Waals surface area (Å²) in [5, 5.41) is 5.25. The van der Waals surface area contributed by atoms with E-state index in [4.69, 9.17) is 8.94 Å². The first kappa shape index (κ1) is 17.2. The van der Waals surface area contributed by atoms with Crippen LogP contribution in [0.3, 0.4) is 0 Å². The molecule has 0 N–H and O–H groups in total. The van der Waals surface area contributed by atoms with Crippen molar-refractivity contribution in [2.75, 3.05) is 20.1 Å². The van der Waals surface area contributed by atoms with E-state index in [1.54, 1.807) is 0 Å². The van der Waals surface area contributed by atoms with Crippen LogP contribution < -0.4 is 0 Å². The lowest BCUT2D eigenvalue weighted by molar-refractivity contribution is 0.200. The lowest BCUT2D eigenvalue weighted by Gasteiger charge is -2.26. The molecule has 0 spiro atoms. The second-order valence-corrected chi connectivity index (χ2v) is 7.26. The summed E-state index contributed by atoms with van der Waals surface area (Å²) in [6.45, 7) is 5.76. The zero-order chi connectivity index (χ0) is 17.9. The summed E-state index contributed by atoms with van der Waals surface area (Å²) in [4.78, 5) is 9.23. The minimum Gasteiger partial charge on any atom is -0.464 e. The number of para-hydroxylation sites is 1. The average Bonchev–Trinajstić information content (AvgIpc) is 3.15. The van der Waals surface area contributed by atoms with E-state index >= 15 is 0 Å². The SMILES string of the molecule is Cc1nc(CN(C)[C@@H]2CCCN(Cc3coc4ccccc34)CC2)no1. The second kappa shape index (κ2) is 7.60. The van der Waals surface area contributed by atoms with Crippen molar-refractivity contribution in [1.29, 1.82) is 0 Å². The third-order valence-corrected chi connectivity index (χ3v) is 5.33. The summed E-state index contributed by atoms with van der Waals surface area (Å²) in [7, 11) is 2.16. The molecular weight excluding hydrogens is 328 g/mol. The Bertz CT molecular complexity index is 856. The molecule has 1 aliphatic rings. The standard InChI is InChI=1S/C20H26N4O2/c1-15-21-20(22-26-15)13-23(2)17-6-5-10-24(11-9-17)12-16-14-25-19-8-4-3-7-18(16)19/h3-4,7-8,14,17H,5-6,9-13H2,1-2H3/t17-/m1/s1. The third kappa shape index (κ3) is 3.81. The Morgan fingerprint density at radius 1 is 1.23 bits per heavy atom. The van der Waals surface area contributed by atoms with Crippen molar-refractivity contribution in [3.63, 3.8) is 0 Å². The number of hydrogen-bond acceptors (Lipinski definition) is 6. The Morgan fingerprint density at radius 3 is 2.96 bits per heavy atom. The molecule has 6 heteroatoms. The number of likely N-dealkylation sites (tertiary alicyclic amines) is 1. The van der Waals surface area contributed by atoms with Gasteiger partial charge in [-0.05, 0) is 45.5 Å². The van der Waals surface area contributed by atoms with Gasteiger partial charge in [-0.2, -0.15) is 4.98 Å². The summed E-state index contributed by atoms with van der Waals surface area (Å²) in [5.74, 6) is 1.41. The predicted octanol–water partition coefficient (Wildman–Crippen LogP) is 3.61. The van der Waals surface area contributed by atoms with Gasteiger partial charge in [0.05, 0.1) is 12.8 Å². The lowest BCUT2D eigenvalue weighted by atomic mass is 10.1. The van der Waals surface area contributed by atoms with Crippen LogP contribution in [-0.4, -0.2) is 46.1 Å². The summed E-state index contributed by atoms with van der Waals surface area (Å²) in [5.41, 5.74) is 2.26. The molecule has 1 aromatic carbocycles. The number of fused-ring (bicyclic) bond motifs is 1. The van der Waals surface area contributed by atoms with Crippen molar-refractivity contribution in [1.82, 2.24) is 19.9 Å². The highest BCUT2D eigenvalue weighted by atomic mass is 16.5. The molecule has 3 heterocycles. The maximum Gasteiger partial charge on any atom is 0.223 e. The molecule has 1 aliphatic heterocycles. The highest BCUT2D eigenvalue weighted by molar-refractivity contribution is 5.80. The van der Waals surface area contributed by atoms with Gasteiger partial charge in [0.25, 0.3) is 0 Å². The molecule has 1 atom stereocenters. The topological polar surface area (TPSA) is 58.5 Å². The second-order valence-electron chi connectivity index (χ2n) is 7.26. The Kier molecular flexibility index (Phi) is 5.04. The highest BCUT2D eigenvalue weighted by Crippen LogP contribution is 2.24. The Labute approximate surface area is 153 Å². The number of furan rings is 1. The van der Waals surface area contributed by atoms with Crippen LogP contribution in [0.2, 0.25) is 0 Å². The number of benzene rings is 1. The first-order valence-corrected chi connectivity index (χ1v) is 9.36. The van der Waals surface area contributed by atoms with E-state index < -0.39 is 0 Å². The molecule has 3 aromatic rings. The molecule has 26 heavy (non-hydrogen) atoms. The third-order valence-electron chi connectivity index (χ3n) is 5.33. The molecule has 0 unspecified atom stereocenters. The fourth-order valence-corrected chi connectivity index (χ4v) is 3.89. The van der Waals surface area contributed by atoms with Gasteiger partial charge in [0.2, 0.25) is 5.89 Å². The Morgan fingerprint density at radius 2 is 2.12 bits per heavy atom. The van der Waals surface area contributed by atoms with Gasteiger partial charge in [-0.25, -0.2) is 0 Å². The van der Waals surface area contributed by atoms with Crippen LogP contribution in [0, 0.1) is 6.92 Å². The minimum atomic E-state index is 0.555. The van der Waals surface area contributed by atoms with Gasteiger partial charge in [-0.15, -0.1) is 0 Å². The molecular formula is C20H26N4O2. The monoisotopic (exact) mass is 354 g/mol. The molecule has 0 saturated carbocycles. The largest absolute Gasteiger partial charge is 0.464 e. The Hall–Kier alpha value is -2.18. The van der Waals surface area contributed by atoms with Crippen LogP contribution in [-0.2, 0) is 13.1 Å². The van der Waals surface area contributed by atoms with Gasteiger partial charge in [-0.1, -0.05) is 23.4 Å². The van der Waals surface area contributed by atoms with E-state index in [2.05, 4.69) is 39.1 Å². The minimum absolute atomic E-state index is 0.555. The normalized spacial score (nSPS) is 19.3. The van der Waals surface area contributed by atoms with Crippen molar-refractivity contribution >= 4 is 11.0 Å². The molecule has 6 nitrogen and oxygen atoms in total. The maximum absolute atomic E-state index is 5.69. The van der Waals surface area contributed by atoms with Crippen molar-refractivity contribution in [3.8, 4) is 0 Å². The molecule has 2 aromatic heterocycles. The molecule has 1 fully saturated rings. The number of aromatic nitrogens is 2. The van der Waals surface area contributed by atoms with Crippen molar-refractivity contribution in [2.45, 2.75) is 45.3 Å². The van der Waals surface area contributed by atoms with E-state index in [0.717, 1.165) is 44.0 Å². The van der Waals surface area contributed by atoms with E-state index in [1.807, 2.05) is 25.3 Å². The van der Waals surface area contributed by atoms with Crippen LogP contribution in [0.25, 0.3) is 11.0 Å². The van der Waals surface area contributed by atoms with Crippen LogP contribution >= 0.6 is 0 Å². The van der Waals surface area contributed by atoms with Gasteiger partial charge in [0.15, 0.2) is 5.82 Å². The first-order chi connectivity index (χ1) is 12.7. The molecule has 4 rings (SSSR count). The maximum atomic E-state index is 5.69. The van der Waals surface area contributed by atoms with E-state index in [-0.39, 0.29) is 0 Å². The molecule has 0 aliphatic carbocycles. The fourth-order valence-electron chi connectivity index (χ4n) is 3.89. The first-order valence-electron chi connectivity index (χ1n) is 9.36. The molecule has 1 saturated heterocycles. The fraction of sp³-hybridized carbons (Fsp3) is 0.500. The van der Waals surface area contributed by atoms with Crippen LogP contribution in [0.15, 0.2) is 39.5 Å². The number of hydrogen-bond donors (Lipinski definition) is 0. The predicted molar refractivity (Wildman–Crippen MR) is 99.6 cm³/mol. The van der Waals surface area contributed by atoms with Crippen LogP contribution in [0.5, 0.6) is 0 Å². The molecule has 0 amide bonds. The average molecular weight is 354 g/mol. The lowest BCUT2D eigenvalue weighted by Crippen LogP contribution is -2.33. The van der Waals surface area contributed by atoms with E-state index in [1.165, 1.54) is 23.8 Å². The van der Waals surface area contributed by atoms with E-state index in [0.29, 0.717) is 11.9 Å². The van der Waals surface area contributed by atoms with Gasteiger partial charge < -0.3 is 8.94 Å². The van der Waals surface area contributed by atoms with Crippen molar-refractivity contribution < 1.29 is 8.94 Å². The zero-order valence-electron chi connectivity index (χ0n) is 15.5. The highest BCUT2D eigenvalue weighted by Gasteiger charge is 2.22. The Balaban J connectivity index is 1.35. The molecule has 138 valence electrons. The van der Waals surface area contributed by atoms with Gasteiger partial charge >= 0.3 is 0 Å². The van der Waals surface area contributed by atoms with Crippen molar-refractivity contribution in [2.24, 2.45) is 0 Å². The number of nitrogens with zero attached hydrogens (tertiary/aromatic N) is 4. The van der Waals surface area contributed by atoms with Crippen LogP contribution in [0.1, 0.15) is 36.5 Å². The summed E-state index contributed by atoms with van der Waals surface area (Å²) in [6, 6.07) is 8.84. The van der Waals surface area contributed by atoms with Gasteiger partial charge in [0, 0.05) is 30.5 Å². The van der Waals surface area contributed by atoms with Crippen molar-refractivity contribution in [3.05, 3.63) is 47.8 Å². The van der Waals surface area contributed by atoms with Gasteiger partial charge in [0.1, 0.15) is 5.58 Å². The number of rotatable bonds is 5. The number of aryl methyl sites for hydroxylation is 1. The quantitative estimate of drug-likeness (QED) is 0.698.